The lowest BCUT2D eigenvalue weighted by molar-refractivity contribution is -0.500. The summed E-state index contributed by atoms with van der Waals surface area (Å²) >= 11 is 0. The molecule has 0 aromatic heterocycles. The largest absolute Gasteiger partial charge is 0.234 e. The van der Waals surface area contributed by atoms with Gasteiger partial charge in [-0.1, -0.05) is 23.9 Å². The summed E-state index contributed by atoms with van der Waals surface area (Å²) in [6.07, 6.45) is 1.24. The first-order valence-electron chi connectivity index (χ1n) is 7.30. The van der Waals surface area contributed by atoms with Crippen LogP contribution in [0.2, 0.25) is 0 Å². The van der Waals surface area contributed by atoms with Crippen LogP contribution in [0.5, 0.6) is 0 Å². The van der Waals surface area contributed by atoms with E-state index in [1.807, 2.05) is 13.8 Å². The molecule has 0 spiro atoms. The van der Waals surface area contributed by atoms with Crippen LogP contribution in [0.4, 0.5) is 11.4 Å². The predicted octanol–water partition coefficient (Wildman–Crippen LogP) is 3.28. The zero-order valence-electron chi connectivity index (χ0n) is 13.3. The molecular formula is C14H22N4O4. The van der Waals surface area contributed by atoms with Crippen molar-refractivity contribution in [3.63, 3.8) is 0 Å². The minimum absolute atomic E-state index is 0.262. The Bertz CT molecular complexity index is 473. The summed E-state index contributed by atoms with van der Waals surface area (Å²) < 4.78 is 0. The van der Waals surface area contributed by atoms with Crippen molar-refractivity contribution in [1.29, 1.82) is 0 Å². The smallest absolute Gasteiger partial charge is 0.165 e. The van der Waals surface area contributed by atoms with Crippen LogP contribution in [0.1, 0.15) is 40.5 Å². The molecular weight excluding hydrogens is 288 g/mol. The number of benzene rings is 1. The van der Waals surface area contributed by atoms with Crippen molar-refractivity contribution in [2.24, 2.45) is 0 Å². The molecule has 1 aromatic carbocycles. The monoisotopic (exact) mass is 310 g/mol. The maximum Gasteiger partial charge on any atom is 0.165 e. The van der Waals surface area contributed by atoms with Crippen molar-refractivity contribution >= 4 is 11.4 Å². The van der Waals surface area contributed by atoms with E-state index < -0.39 is 10.1 Å². The Morgan fingerprint density at radius 1 is 0.864 bits per heavy atom. The van der Waals surface area contributed by atoms with Crippen LogP contribution in [-0.4, -0.2) is 22.1 Å². The van der Waals surface area contributed by atoms with Crippen molar-refractivity contribution in [2.75, 3.05) is 10.0 Å². The minimum atomic E-state index is -0.455. The topological polar surface area (TPSA) is 92.8 Å². The number of rotatable bonds is 8. The van der Waals surface area contributed by atoms with E-state index in [9.17, 15) is 20.2 Å². The molecule has 0 saturated heterocycles. The zero-order valence-corrected chi connectivity index (χ0v) is 13.3. The first kappa shape index (κ1) is 17.7. The quantitative estimate of drug-likeness (QED) is 0.540. The Hall–Kier alpha value is -2.38. The fraction of sp³-hybridized carbons (Fsp3) is 0.571. The van der Waals surface area contributed by atoms with Gasteiger partial charge in [-0.3, -0.25) is 0 Å². The maximum absolute atomic E-state index is 11.2. The Kier molecular flexibility index (Phi) is 6.09. The summed E-state index contributed by atoms with van der Waals surface area (Å²) in [7, 11) is 0. The first-order chi connectivity index (χ1) is 10.3. The molecule has 0 heterocycles. The normalized spacial score (nSPS) is 13.3. The van der Waals surface area contributed by atoms with E-state index in [-0.39, 0.29) is 12.1 Å². The van der Waals surface area contributed by atoms with E-state index in [0.29, 0.717) is 24.2 Å². The molecule has 0 aliphatic rings. The molecule has 0 aliphatic carbocycles. The van der Waals surface area contributed by atoms with E-state index in [0.717, 1.165) is 10.0 Å². The van der Waals surface area contributed by atoms with E-state index in [2.05, 4.69) is 0 Å². The van der Waals surface area contributed by atoms with Crippen molar-refractivity contribution in [1.82, 2.24) is 0 Å². The molecule has 2 unspecified atom stereocenters. The van der Waals surface area contributed by atoms with Gasteiger partial charge >= 0.3 is 0 Å². The van der Waals surface area contributed by atoms with Crippen LogP contribution in [0.3, 0.4) is 0 Å². The Balaban J connectivity index is 3.11. The fourth-order valence-electron chi connectivity index (χ4n) is 2.12. The van der Waals surface area contributed by atoms with Gasteiger partial charge in [0, 0.05) is 0 Å². The highest BCUT2D eigenvalue weighted by Crippen LogP contribution is 2.25. The van der Waals surface area contributed by atoms with Gasteiger partial charge in [0.05, 0.1) is 12.1 Å². The molecule has 0 bridgehead atoms. The molecule has 0 radical (unpaired) electrons. The van der Waals surface area contributed by atoms with Gasteiger partial charge in [-0.2, -0.15) is 0 Å². The van der Waals surface area contributed by atoms with Gasteiger partial charge in [0.2, 0.25) is 0 Å². The molecule has 8 nitrogen and oxygen atoms in total. The average molecular weight is 310 g/mol. The second-order valence-electron chi connectivity index (χ2n) is 5.20. The van der Waals surface area contributed by atoms with Crippen LogP contribution < -0.4 is 10.0 Å². The molecule has 1 rings (SSSR count). The summed E-state index contributed by atoms with van der Waals surface area (Å²) in [4.78, 5) is 22.4. The van der Waals surface area contributed by atoms with E-state index in [1.54, 1.807) is 38.1 Å². The molecule has 8 heteroatoms. The summed E-state index contributed by atoms with van der Waals surface area (Å²) in [6, 6.07) is 5.66. The van der Waals surface area contributed by atoms with Crippen molar-refractivity contribution < 1.29 is 10.1 Å². The number of anilines is 2. The Morgan fingerprint density at radius 3 is 1.32 bits per heavy atom. The molecule has 0 amide bonds. The second kappa shape index (κ2) is 7.58. The zero-order chi connectivity index (χ0) is 16.9. The van der Waals surface area contributed by atoms with Crippen molar-refractivity contribution in [2.45, 2.75) is 52.6 Å². The Morgan fingerprint density at radius 2 is 1.14 bits per heavy atom. The molecule has 122 valence electrons. The molecule has 1 aromatic rings. The summed E-state index contributed by atoms with van der Waals surface area (Å²) in [5.41, 5.74) is 0.825. The van der Waals surface area contributed by atoms with Gasteiger partial charge in [0.1, 0.15) is 11.4 Å². The van der Waals surface area contributed by atoms with Crippen LogP contribution in [0, 0.1) is 20.2 Å². The molecule has 0 saturated carbocycles. The number of nitro groups is 2. The van der Waals surface area contributed by atoms with Gasteiger partial charge in [0.25, 0.3) is 0 Å². The number of nitrogens with zero attached hydrogens (tertiary/aromatic N) is 4. The van der Waals surface area contributed by atoms with Gasteiger partial charge < -0.3 is 0 Å². The van der Waals surface area contributed by atoms with Gasteiger partial charge in [-0.25, -0.2) is 20.2 Å². The predicted molar refractivity (Wildman–Crippen MR) is 84.9 cm³/mol. The highest BCUT2D eigenvalue weighted by molar-refractivity contribution is 5.54. The lowest BCUT2D eigenvalue weighted by Gasteiger charge is -2.22. The third-order valence-electron chi connectivity index (χ3n) is 3.75. The SMILES string of the molecule is CCC(C)N(c1ccc(N(C(C)CC)[N+](=O)[O-])cc1)[N+](=O)[O-]. The first-order valence-corrected chi connectivity index (χ1v) is 7.30. The molecule has 0 N–H and O–H groups in total. The van der Waals surface area contributed by atoms with Crippen LogP contribution in [0.15, 0.2) is 24.3 Å². The van der Waals surface area contributed by atoms with Crippen LogP contribution in [-0.2, 0) is 0 Å². The minimum Gasteiger partial charge on any atom is -0.234 e. The number of hydrogen-bond acceptors (Lipinski definition) is 4. The van der Waals surface area contributed by atoms with E-state index in [4.69, 9.17) is 0 Å². The number of hydrazine groups is 2. The lowest BCUT2D eigenvalue weighted by atomic mass is 10.2. The van der Waals surface area contributed by atoms with Crippen LogP contribution in [0.25, 0.3) is 0 Å². The van der Waals surface area contributed by atoms with Crippen LogP contribution >= 0.6 is 0 Å². The van der Waals surface area contributed by atoms with Gasteiger partial charge in [-0.15, -0.1) is 0 Å². The van der Waals surface area contributed by atoms with Gasteiger partial charge in [-0.05, 0) is 51.0 Å². The second-order valence-corrected chi connectivity index (χ2v) is 5.20. The summed E-state index contributed by atoms with van der Waals surface area (Å²) in [5.74, 6) is 0. The molecule has 0 fully saturated rings. The maximum atomic E-state index is 11.2. The Labute approximate surface area is 129 Å². The van der Waals surface area contributed by atoms with Crippen molar-refractivity contribution in [3.05, 3.63) is 44.5 Å². The third kappa shape index (κ3) is 3.84. The van der Waals surface area contributed by atoms with E-state index >= 15 is 0 Å². The van der Waals surface area contributed by atoms with E-state index in [1.165, 1.54) is 0 Å². The standard InChI is InChI=1S/C14H22N4O4/c1-5-11(3)15(17(19)20)13-7-9-14(10-8-13)16(18(21)22)12(4)6-2/h7-12H,5-6H2,1-4H3. The molecule has 2 atom stereocenters. The lowest BCUT2D eigenvalue weighted by Crippen LogP contribution is -2.39. The summed E-state index contributed by atoms with van der Waals surface area (Å²) in [6.45, 7) is 7.26. The third-order valence-corrected chi connectivity index (χ3v) is 3.75. The summed E-state index contributed by atoms with van der Waals surface area (Å²) in [5, 5.41) is 23.6. The number of hydrogen-bond donors (Lipinski definition) is 0. The highest BCUT2D eigenvalue weighted by Gasteiger charge is 2.26. The van der Waals surface area contributed by atoms with Crippen molar-refractivity contribution in [3.8, 4) is 0 Å². The molecule has 22 heavy (non-hydrogen) atoms. The highest BCUT2D eigenvalue weighted by atomic mass is 16.7. The average Bonchev–Trinajstić information content (AvgIpc) is 2.48. The van der Waals surface area contributed by atoms with Gasteiger partial charge in [0.15, 0.2) is 10.1 Å². The molecule has 0 aliphatic heterocycles. The fourth-order valence-corrected chi connectivity index (χ4v) is 2.12.